The van der Waals surface area contributed by atoms with E-state index in [2.05, 4.69) is 0 Å². The van der Waals surface area contributed by atoms with Crippen LogP contribution in [-0.4, -0.2) is 104 Å². The third kappa shape index (κ3) is 6.36. The van der Waals surface area contributed by atoms with Crippen LogP contribution in [0, 0.1) is 0 Å². The van der Waals surface area contributed by atoms with E-state index in [4.69, 9.17) is 21.1 Å². The van der Waals surface area contributed by atoms with Gasteiger partial charge in [0.25, 0.3) is 0 Å². The Balaban J connectivity index is 1.70. The molecule has 0 radical (unpaired) electrons. The molecule has 1 aromatic rings. The minimum Gasteiger partial charge on any atom is -0.379 e. The van der Waals surface area contributed by atoms with E-state index in [0.29, 0.717) is 65.7 Å². The standard InChI is InChI=1S/C18H27ClN2O6S2/c19-17-2-1-16(28(22,23)13-7-20-3-9-26-10-4-20)15-18(17)29(24,25)14-8-21-5-11-27-12-6-21/h1-2,15H,3-14H2. The normalized spacial score (nSPS) is 20.0. The van der Waals surface area contributed by atoms with Crippen LogP contribution in [0.4, 0.5) is 0 Å². The Kier molecular flexibility index (Phi) is 7.94. The van der Waals surface area contributed by atoms with Crippen LogP contribution in [0.2, 0.25) is 5.02 Å². The van der Waals surface area contributed by atoms with Gasteiger partial charge in [0.15, 0.2) is 19.7 Å². The van der Waals surface area contributed by atoms with Gasteiger partial charge >= 0.3 is 0 Å². The minimum atomic E-state index is -3.71. The van der Waals surface area contributed by atoms with Gasteiger partial charge < -0.3 is 9.47 Å². The molecule has 29 heavy (non-hydrogen) atoms. The Morgan fingerprint density at radius 1 is 0.793 bits per heavy atom. The Labute approximate surface area is 177 Å². The summed E-state index contributed by atoms with van der Waals surface area (Å²) in [6.07, 6.45) is 0. The van der Waals surface area contributed by atoms with Crippen LogP contribution in [0.15, 0.2) is 28.0 Å². The molecule has 11 heteroatoms. The van der Waals surface area contributed by atoms with Crippen molar-refractivity contribution in [2.45, 2.75) is 9.79 Å². The van der Waals surface area contributed by atoms with Crippen LogP contribution in [0.3, 0.4) is 0 Å². The second kappa shape index (κ2) is 10.0. The molecule has 0 aromatic heterocycles. The summed E-state index contributed by atoms with van der Waals surface area (Å²) in [7, 11) is -7.34. The molecule has 2 saturated heterocycles. The zero-order valence-corrected chi connectivity index (χ0v) is 18.6. The third-order valence-electron chi connectivity index (χ3n) is 5.16. The van der Waals surface area contributed by atoms with Crippen LogP contribution in [-0.2, 0) is 29.1 Å². The number of sulfone groups is 2. The van der Waals surface area contributed by atoms with Crippen molar-refractivity contribution in [2.24, 2.45) is 0 Å². The summed E-state index contributed by atoms with van der Waals surface area (Å²) in [6, 6.07) is 3.92. The molecule has 0 aliphatic carbocycles. The number of halogens is 1. The maximum absolute atomic E-state index is 12.8. The Morgan fingerprint density at radius 3 is 1.79 bits per heavy atom. The fraction of sp³-hybridized carbons (Fsp3) is 0.667. The smallest absolute Gasteiger partial charge is 0.181 e. The first-order chi connectivity index (χ1) is 13.8. The van der Waals surface area contributed by atoms with Crippen molar-refractivity contribution in [3.8, 4) is 0 Å². The van der Waals surface area contributed by atoms with Gasteiger partial charge in [0.1, 0.15) is 0 Å². The summed E-state index contributed by atoms with van der Waals surface area (Å²) in [5.74, 6) is -0.202. The Bertz CT molecular complexity index is 895. The molecular weight excluding hydrogens is 440 g/mol. The molecule has 0 spiro atoms. The van der Waals surface area contributed by atoms with E-state index in [1.165, 1.54) is 18.2 Å². The van der Waals surface area contributed by atoms with E-state index in [-0.39, 0.29) is 26.3 Å². The average molecular weight is 467 g/mol. The fourth-order valence-electron chi connectivity index (χ4n) is 3.29. The summed E-state index contributed by atoms with van der Waals surface area (Å²) in [5, 5.41) is 0.0408. The van der Waals surface area contributed by atoms with Crippen molar-refractivity contribution in [2.75, 3.05) is 77.2 Å². The maximum Gasteiger partial charge on any atom is 0.181 e. The van der Waals surface area contributed by atoms with Gasteiger partial charge in [-0.15, -0.1) is 0 Å². The van der Waals surface area contributed by atoms with Gasteiger partial charge in [0.2, 0.25) is 0 Å². The molecule has 2 aliphatic heterocycles. The highest BCUT2D eigenvalue weighted by molar-refractivity contribution is 7.92. The molecule has 0 amide bonds. The van der Waals surface area contributed by atoms with Gasteiger partial charge in [0, 0.05) is 39.3 Å². The number of morpholine rings is 2. The van der Waals surface area contributed by atoms with Crippen LogP contribution in [0.5, 0.6) is 0 Å². The lowest BCUT2D eigenvalue weighted by Crippen LogP contribution is -2.39. The molecular formula is C18H27ClN2O6S2. The van der Waals surface area contributed by atoms with Crippen molar-refractivity contribution >= 4 is 31.3 Å². The monoisotopic (exact) mass is 466 g/mol. The number of ether oxygens (including phenoxy) is 2. The molecule has 8 nitrogen and oxygen atoms in total. The molecule has 3 rings (SSSR count). The van der Waals surface area contributed by atoms with Crippen LogP contribution in [0.1, 0.15) is 0 Å². The van der Waals surface area contributed by atoms with Crippen LogP contribution >= 0.6 is 11.6 Å². The van der Waals surface area contributed by atoms with E-state index in [1.54, 1.807) is 0 Å². The van der Waals surface area contributed by atoms with E-state index in [0.717, 1.165) is 0 Å². The lowest BCUT2D eigenvalue weighted by molar-refractivity contribution is 0.0407. The topological polar surface area (TPSA) is 93.2 Å². The number of benzene rings is 1. The van der Waals surface area contributed by atoms with E-state index >= 15 is 0 Å². The minimum absolute atomic E-state index is 0.0138. The lowest BCUT2D eigenvalue weighted by Gasteiger charge is -2.26. The summed E-state index contributed by atoms with van der Waals surface area (Å²) < 4.78 is 61.7. The van der Waals surface area contributed by atoms with Gasteiger partial charge in [-0.05, 0) is 18.2 Å². The molecule has 0 atom stereocenters. The van der Waals surface area contributed by atoms with Crippen molar-refractivity contribution in [1.82, 2.24) is 9.80 Å². The highest BCUT2D eigenvalue weighted by atomic mass is 35.5. The fourth-order valence-corrected chi connectivity index (χ4v) is 6.53. The van der Waals surface area contributed by atoms with Gasteiger partial charge in [-0.2, -0.15) is 0 Å². The predicted octanol–water partition coefficient (Wildman–Crippen LogP) is 0.552. The summed E-state index contributed by atoms with van der Waals surface area (Å²) >= 11 is 6.12. The third-order valence-corrected chi connectivity index (χ3v) is 9.02. The molecule has 2 aliphatic rings. The Hall–Kier alpha value is -0.750. The largest absolute Gasteiger partial charge is 0.379 e. The SMILES string of the molecule is O=S(=O)(CCN1CCOCC1)c1ccc(Cl)c(S(=O)(=O)CCN2CCOCC2)c1. The summed E-state index contributed by atoms with van der Waals surface area (Å²) in [4.78, 5) is 3.90. The predicted molar refractivity (Wildman–Crippen MR) is 110 cm³/mol. The first-order valence-electron chi connectivity index (χ1n) is 9.63. The van der Waals surface area contributed by atoms with Crippen molar-refractivity contribution < 1.29 is 26.3 Å². The molecule has 1 aromatic carbocycles. The summed E-state index contributed by atoms with van der Waals surface area (Å²) in [5.41, 5.74) is 0. The number of hydrogen-bond donors (Lipinski definition) is 0. The van der Waals surface area contributed by atoms with Crippen molar-refractivity contribution in [3.63, 3.8) is 0 Å². The van der Waals surface area contributed by atoms with Crippen molar-refractivity contribution in [3.05, 3.63) is 23.2 Å². The van der Waals surface area contributed by atoms with Gasteiger partial charge in [-0.3, -0.25) is 9.80 Å². The molecule has 2 heterocycles. The highest BCUT2D eigenvalue weighted by Gasteiger charge is 2.25. The van der Waals surface area contributed by atoms with Crippen molar-refractivity contribution in [1.29, 1.82) is 0 Å². The van der Waals surface area contributed by atoms with Gasteiger partial charge in [-0.25, -0.2) is 16.8 Å². The average Bonchev–Trinajstić information content (AvgIpc) is 2.72. The number of hydrogen-bond acceptors (Lipinski definition) is 8. The van der Waals surface area contributed by atoms with E-state index < -0.39 is 19.7 Å². The molecule has 0 saturated carbocycles. The second-order valence-corrected chi connectivity index (χ2v) is 11.7. The first-order valence-corrected chi connectivity index (χ1v) is 13.3. The first kappa shape index (κ1) is 22.9. The van der Waals surface area contributed by atoms with Crippen LogP contribution in [0.25, 0.3) is 0 Å². The highest BCUT2D eigenvalue weighted by Crippen LogP contribution is 2.26. The molecule has 0 unspecified atom stereocenters. The molecule has 164 valence electrons. The second-order valence-electron chi connectivity index (χ2n) is 7.14. The van der Waals surface area contributed by atoms with Crippen LogP contribution < -0.4 is 0 Å². The van der Waals surface area contributed by atoms with Gasteiger partial charge in [-0.1, -0.05) is 11.6 Å². The number of rotatable bonds is 8. The Morgan fingerprint density at radius 2 is 1.28 bits per heavy atom. The van der Waals surface area contributed by atoms with Gasteiger partial charge in [0.05, 0.1) is 52.7 Å². The molecule has 2 fully saturated rings. The summed E-state index contributed by atoms with van der Waals surface area (Å²) in [6.45, 7) is 5.82. The molecule has 0 bridgehead atoms. The number of nitrogens with zero attached hydrogens (tertiary/aromatic N) is 2. The maximum atomic E-state index is 12.8. The lowest BCUT2D eigenvalue weighted by atomic mass is 10.4. The van der Waals surface area contributed by atoms with E-state index in [1.807, 2.05) is 9.80 Å². The zero-order chi connectivity index (χ0) is 20.9. The van der Waals surface area contributed by atoms with E-state index in [9.17, 15) is 16.8 Å². The zero-order valence-electron chi connectivity index (χ0n) is 16.3. The quantitative estimate of drug-likeness (QED) is 0.548. The molecule has 0 N–H and O–H groups in total.